The summed E-state index contributed by atoms with van der Waals surface area (Å²) in [5.41, 5.74) is 15.7. The Bertz CT molecular complexity index is 740. The molecule has 0 aliphatic heterocycles. The summed E-state index contributed by atoms with van der Waals surface area (Å²) < 4.78 is 0. The first-order valence-electron chi connectivity index (χ1n) is 10.4. The predicted octanol–water partition coefficient (Wildman–Crippen LogP) is -2.50. The first-order chi connectivity index (χ1) is 15.9. The molecule has 0 aromatic carbocycles. The number of aliphatic carboxylic acids is 1. The van der Waals surface area contributed by atoms with E-state index >= 15 is 0 Å². The van der Waals surface area contributed by atoms with Gasteiger partial charge in [0, 0.05) is 6.42 Å². The molecule has 0 rings (SSSR count). The van der Waals surface area contributed by atoms with E-state index < -0.39 is 66.1 Å². The largest absolute Gasteiger partial charge is 0.480 e. The highest BCUT2D eigenvalue weighted by Crippen LogP contribution is 2.07. The molecule has 4 atom stereocenters. The van der Waals surface area contributed by atoms with Crippen molar-refractivity contribution in [2.24, 2.45) is 17.2 Å². The number of nitrogens with two attached hydrogens (primary N) is 3. The van der Waals surface area contributed by atoms with Crippen LogP contribution >= 0.6 is 23.5 Å². The molecule has 15 heteroatoms. The third-order valence-electron chi connectivity index (χ3n) is 4.54. The van der Waals surface area contributed by atoms with E-state index in [4.69, 9.17) is 17.2 Å². The van der Waals surface area contributed by atoms with Crippen LogP contribution in [-0.4, -0.2) is 88.8 Å². The third-order valence-corrected chi connectivity index (χ3v) is 5.83. The first kappa shape index (κ1) is 31.5. The SMILES string of the molecule is CSCCC(NC(=O)C(N)CC(N)=O)C(=O)NC(CCSC)C(=O)NC(CCC(N)=O)C(=O)O. The van der Waals surface area contributed by atoms with Gasteiger partial charge in [0.15, 0.2) is 0 Å². The van der Waals surface area contributed by atoms with E-state index in [0.717, 1.165) is 0 Å². The fourth-order valence-electron chi connectivity index (χ4n) is 2.69. The third kappa shape index (κ3) is 13.3. The molecule has 194 valence electrons. The van der Waals surface area contributed by atoms with Crippen LogP contribution in [0.4, 0.5) is 0 Å². The fraction of sp³-hybridized carbons (Fsp3) is 0.684. The molecular formula is C19H34N6O7S2. The molecule has 34 heavy (non-hydrogen) atoms. The number of hydrogen-bond donors (Lipinski definition) is 7. The number of thioether (sulfide) groups is 2. The van der Waals surface area contributed by atoms with Crippen LogP contribution in [0.1, 0.15) is 32.1 Å². The van der Waals surface area contributed by atoms with Crippen LogP contribution in [0.15, 0.2) is 0 Å². The number of carboxylic acids is 1. The van der Waals surface area contributed by atoms with E-state index in [0.29, 0.717) is 11.5 Å². The van der Waals surface area contributed by atoms with Gasteiger partial charge in [-0.1, -0.05) is 0 Å². The second kappa shape index (κ2) is 17.0. The van der Waals surface area contributed by atoms with Crippen LogP contribution in [0.2, 0.25) is 0 Å². The molecule has 0 saturated carbocycles. The molecule has 4 unspecified atom stereocenters. The quantitative estimate of drug-likeness (QED) is 0.0998. The van der Waals surface area contributed by atoms with Gasteiger partial charge in [0.2, 0.25) is 29.5 Å². The van der Waals surface area contributed by atoms with E-state index in [9.17, 15) is 33.9 Å². The monoisotopic (exact) mass is 522 g/mol. The Morgan fingerprint density at radius 3 is 1.56 bits per heavy atom. The molecule has 0 spiro atoms. The highest BCUT2D eigenvalue weighted by molar-refractivity contribution is 7.98. The molecular weight excluding hydrogens is 488 g/mol. The predicted molar refractivity (Wildman–Crippen MR) is 130 cm³/mol. The number of primary amides is 2. The average molecular weight is 523 g/mol. The topological polar surface area (TPSA) is 237 Å². The lowest BCUT2D eigenvalue weighted by Crippen LogP contribution is -2.57. The van der Waals surface area contributed by atoms with Gasteiger partial charge in [0.25, 0.3) is 0 Å². The van der Waals surface area contributed by atoms with Crippen LogP contribution < -0.4 is 33.2 Å². The zero-order chi connectivity index (χ0) is 26.3. The summed E-state index contributed by atoms with van der Waals surface area (Å²) in [6.45, 7) is 0. The van der Waals surface area contributed by atoms with Crippen molar-refractivity contribution in [3.8, 4) is 0 Å². The van der Waals surface area contributed by atoms with Gasteiger partial charge in [0.05, 0.1) is 12.5 Å². The lowest BCUT2D eigenvalue weighted by molar-refractivity contribution is -0.142. The van der Waals surface area contributed by atoms with Gasteiger partial charge in [0.1, 0.15) is 18.1 Å². The summed E-state index contributed by atoms with van der Waals surface area (Å²) in [6.07, 6.45) is 3.16. The lowest BCUT2D eigenvalue weighted by atomic mass is 10.1. The summed E-state index contributed by atoms with van der Waals surface area (Å²) in [4.78, 5) is 71.4. The second-order valence-corrected chi connectivity index (χ2v) is 9.34. The van der Waals surface area contributed by atoms with Crippen molar-refractivity contribution in [2.45, 2.75) is 56.3 Å². The standard InChI is InChI=1S/C19H34N6O7S2/c1-33-7-5-11(23-16(28)10(20)9-15(22)27)17(29)24-12(6-8-34-2)18(30)25-13(19(31)32)3-4-14(21)26/h10-13H,3-9,20H2,1-2H3,(H2,21,26)(H2,22,27)(H,23,28)(H,24,29)(H,25,30)(H,31,32). The highest BCUT2D eigenvalue weighted by atomic mass is 32.2. The van der Waals surface area contributed by atoms with E-state index in [1.807, 2.05) is 6.26 Å². The Kier molecular flexibility index (Phi) is 15.7. The van der Waals surface area contributed by atoms with Crippen LogP contribution in [0, 0.1) is 0 Å². The molecule has 0 aromatic rings. The molecule has 0 bridgehead atoms. The minimum Gasteiger partial charge on any atom is -0.480 e. The highest BCUT2D eigenvalue weighted by Gasteiger charge is 2.30. The molecule has 0 saturated heterocycles. The van der Waals surface area contributed by atoms with Crippen molar-refractivity contribution in [3.05, 3.63) is 0 Å². The van der Waals surface area contributed by atoms with E-state index in [1.54, 1.807) is 6.26 Å². The first-order valence-corrected chi connectivity index (χ1v) is 13.2. The molecule has 5 amide bonds. The van der Waals surface area contributed by atoms with Crippen molar-refractivity contribution in [3.63, 3.8) is 0 Å². The number of amides is 5. The number of hydrogen-bond acceptors (Lipinski definition) is 9. The smallest absolute Gasteiger partial charge is 0.326 e. The summed E-state index contributed by atoms with van der Waals surface area (Å²) in [5, 5.41) is 16.7. The maximum absolute atomic E-state index is 12.9. The fourth-order valence-corrected chi connectivity index (χ4v) is 3.63. The molecule has 0 fully saturated rings. The number of carbonyl (C=O) groups excluding carboxylic acids is 5. The van der Waals surface area contributed by atoms with Crippen molar-refractivity contribution in [1.82, 2.24) is 16.0 Å². The Morgan fingerprint density at radius 1 is 0.735 bits per heavy atom. The minimum absolute atomic E-state index is 0.186. The molecule has 0 aromatic heterocycles. The van der Waals surface area contributed by atoms with Crippen molar-refractivity contribution < 1.29 is 33.9 Å². The Morgan fingerprint density at radius 2 is 1.18 bits per heavy atom. The van der Waals surface area contributed by atoms with Gasteiger partial charge in [-0.25, -0.2) is 4.79 Å². The number of carboxylic acid groups (broad SMARTS) is 1. The van der Waals surface area contributed by atoms with Crippen molar-refractivity contribution >= 4 is 59.0 Å². The Balaban J connectivity index is 5.43. The van der Waals surface area contributed by atoms with Crippen molar-refractivity contribution in [1.29, 1.82) is 0 Å². The van der Waals surface area contributed by atoms with Crippen LogP contribution in [0.25, 0.3) is 0 Å². The average Bonchev–Trinajstić information content (AvgIpc) is 2.75. The molecule has 0 aliphatic carbocycles. The molecule has 0 radical (unpaired) electrons. The molecule has 0 heterocycles. The Labute approximate surface area is 206 Å². The maximum Gasteiger partial charge on any atom is 0.326 e. The van der Waals surface area contributed by atoms with E-state index in [1.165, 1.54) is 23.5 Å². The summed E-state index contributed by atoms with van der Waals surface area (Å²) in [7, 11) is 0. The molecule has 10 N–H and O–H groups in total. The van der Waals surface area contributed by atoms with Gasteiger partial charge in [-0.15, -0.1) is 0 Å². The minimum atomic E-state index is -1.37. The normalized spacial score (nSPS) is 14.2. The van der Waals surface area contributed by atoms with Gasteiger partial charge in [-0.05, 0) is 43.3 Å². The van der Waals surface area contributed by atoms with Gasteiger partial charge >= 0.3 is 5.97 Å². The second-order valence-electron chi connectivity index (χ2n) is 7.37. The van der Waals surface area contributed by atoms with E-state index in [-0.39, 0.29) is 25.7 Å². The maximum atomic E-state index is 12.9. The zero-order valence-corrected chi connectivity index (χ0v) is 20.8. The molecule has 13 nitrogen and oxygen atoms in total. The van der Waals surface area contributed by atoms with Crippen molar-refractivity contribution in [2.75, 3.05) is 24.0 Å². The van der Waals surface area contributed by atoms with Crippen LogP contribution in [-0.2, 0) is 28.8 Å². The summed E-state index contributed by atoms with van der Waals surface area (Å²) in [5.74, 6) is -4.03. The number of rotatable bonds is 18. The summed E-state index contributed by atoms with van der Waals surface area (Å²) in [6, 6.07) is -4.75. The van der Waals surface area contributed by atoms with Gasteiger partial charge in [-0.2, -0.15) is 23.5 Å². The lowest BCUT2D eigenvalue weighted by Gasteiger charge is -2.25. The number of nitrogens with one attached hydrogen (secondary N) is 3. The van der Waals surface area contributed by atoms with Gasteiger partial charge in [-0.3, -0.25) is 24.0 Å². The summed E-state index contributed by atoms with van der Waals surface area (Å²) >= 11 is 2.84. The Hall–Kier alpha value is -2.52. The van der Waals surface area contributed by atoms with E-state index in [2.05, 4.69) is 16.0 Å². The van der Waals surface area contributed by atoms with Crippen LogP contribution in [0.5, 0.6) is 0 Å². The van der Waals surface area contributed by atoms with Crippen LogP contribution in [0.3, 0.4) is 0 Å². The number of carbonyl (C=O) groups is 6. The van der Waals surface area contributed by atoms with Gasteiger partial charge < -0.3 is 38.3 Å². The zero-order valence-electron chi connectivity index (χ0n) is 19.2. The molecule has 0 aliphatic rings.